The zero-order chi connectivity index (χ0) is 14.9. The highest BCUT2D eigenvalue weighted by Gasteiger charge is 2.30. The largest absolute Gasteiger partial charge is 0.416 e. The maximum Gasteiger partial charge on any atom is 0.416 e. The second-order valence-electron chi connectivity index (χ2n) is 4.00. The Bertz CT molecular complexity index is 627. The van der Waals surface area contributed by atoms with Crippen LogP contribution in [0.5, 0.6) is 0 Å². The Kier molecular flexibility index (Phi) is 3.94. The van der Waals surface area contributed by atoms with Crippen LogP contribution < -0.4 is 0 Å². The van der Waals surface area contributed by atoms with E-state index in [1.165, 1.54) is 12.1 Å². The van der Waals surface area contributed by atoms with Gasteiger partial charge in [-0.25, -0.2) is 4.39 Å². The van der Waals surface area contributed by atoms with Gasteiger partial charge in [0.25, 0.3) is 0 Å². The Labute approximate surface area is 120 Å². The second-order valence-corrected chi connectivity index (χ2v) is 4.86. The number of carbonyl (C=O) groups excluding carboxylic acids is 1. The maximum absolute atomic E-state index is 13.6. The van der Waals surface area contributed by atoms with E-state index >= 15 is 0 Å². The van der Waals surface area contributed by atoms with Crippen LogP contribution in [0.2, 0.25) is 0 Å². The summed E-state index contributed by atoms with van der Waals surface area (Å²) in [5, 5.41) is 0. The number of carbonyl (C=O) groups is 1. The molecule has 0 radical (unpaired) electrons. The fraction of sp³-hybridized carbons (Fsp3) is 0.0714. The van der Waals surface area contributed by atoms with Crippen molar-refractivity contribution >= 4 is 21.7 Å². The van der Waals surface area contributed by atoms with Crippen LogP contribution in [-0.2, 0) is 6.18 Å². The lowest BCUT2D eigenvalue weighted by Gasteiger charge is -2.08. The van der Waals surface area contributed by atoms with Gasteiger partial charge in [-0.15, -0.1) is 0 Å². The number of rotatable bonds is 2. The van der Waals surface area contributed by atoms with Gasteiger partial charge in [-0.2, -0.15) is 13.2 Å². The smallest absolute Gasteiger partial charge is 0.288 e. The molecule has 2 aromatic carbocycles. The average Bonchev–Trinajstić information content (AvgIpc) is 2.37. The summed E-state index contributed by atoms with van der Waals surface area (Å²) < 4.78 is 51.1. The molecule has 0 heterocycles. The molecule has 0 amide bonds. The van der Waals surface area contributed by atoms with Crippen LogP contribution in [0.25, 0.3) is 0 Å². The highest BCUT2D eigenvalue weighted by Crippen LogP contribution is 2.30. The van der Waals surface area contributed by atoms with E-state index in [1.54, 1.807) is 0 Å². The van der Waals surface area contributed by atoms with Crippen molar-refractivity contribution in [3.05, 3.63) is 69.4 Å². The number of alkyl halides is 3. The van der Waals surface area contributed by atoms with Crippen molar-refractivity contribution in [2.45, 2.75) is 6.18 Å². The minimum absolute atomic E-state index is 0.0104. The molecule has 0 spiro atoms. The van der Waals surface area contributed by atoms with Crippen LogP contribution in [0.1, 0.15) is 21.5 Å². The van der Waals surface area contributed by atoms with Crippen LogP contribution >= 0.6 is 15.9 Å². The van der Waals surface area contributed by atoms with Crippen molar-refractivity contribution in [3.8, 4) is 0 Å². The minimum atomic E-state index is -4.47. The Morgan fingerprint density at radius 3 is 2.10 bits per heavy atom. The summed E-state index contributed by atoms with van der Waals surface area (Å²) in [5.41, 5.74) is -1.07. The van der Waals surface area contributed by atoms with E-state index in [0.717, 1.165) is 30.3 Å². The minimum Gasteiger partial charge on any atom is -0.288 e. The monoisotopic (exact) mass is 346 g/mol. The van der Waals surface area contributed by atoms with Crippen LogP contribution in [0, 0.1) is 5.82 Å². The highest BCUT2D eigenvalue weighted by molar-refractivity contribution is 9.10. The van der Waals surface area contributed by atoms with Gasteiger partial charge in [0, 0.05) is 10.0 Å². The molecular weight excluding hydrogens is 340 g/mol. The molecule has 0 saturated heterocycles. The summed E-state index contributed by atoms with van der Waals surface area (Å²) in [4.78, 5) is 12.1. The molecule has 0 aliphatic rings. The topological polar surface area (TPSA) is 17.1 Å². The summed E-state index contributed by atoms with van der Waals surface area (Å²) in [6.45, 7) is 0. The summed E-state index contributed by atoms with van der Waals surface area (Å²) in [7, 11) is 0. The number of benzene rings is 2. The number of hydrogen-bond acceptors (Lipinski definition) is 1. The summed E-state index contributed by atoms with van der Waals surface area (Å²) >= 11 is 3.05. The lowest BCUT2D eigenvalue weighted by atomic mass is 10.0. The third-order valence-corrected chi connectivity index (χ3v) is 3.33. The van der Waals surface area contributed by atoms with E-state index in [2.05, 4.69) is 15.9 Å². The first kappa shape index (κ1) is 14.7. The second kappa shape index (κ2) is 5.36. The predicted octanol–water partition coefficient (Wildman–Crippen LogP) is 4.84. The highest BCUT2D eigenvalue weighted by atomic mass is 79.9. The van der Waals surface area contributed by atoms with Crippen LogP contribution in [0.3, 0.4) is 0 Å². The van der Waals surface area contributed by atoms with E-state index in [9.17, 15) is 22.4 Å². The molecule has 0 aromatic heterocycles. The number of halogens is 5. The van der Waals surface area contributed by atoms with Crippen LogP contribution in [0.4, 0.5) is 17.6 Å². The van der Waals surface area contributed by atoms with E-state index < -0.39 is 23.3 Å². The number of hydrogen-bond donors (Lipinski definition) is 0. The molecule has 0 aliphatic heterocycles. The molecular formula is C14H7BrF4O. The van der Waals surface area contributed by atoms with Crippen molar-refractivity contribution in [3.63, 3.8) is 0 Å². The van der Waals surface area contributed by atoms with Gasteiger partial charge >= 0.3 is 6.18 Å². The quantitative estimate of drug-likeness (QED) is 0.561. The van der Waals surface area contributed by atoms with Gasteiger partial charge in [-0.1, -0.05) is 18.2 Å². The van der Waals surface area contributed by atoms with Crippen molar-refractivity contribution in [1.82, 2.24) is 0 Å². The Balaban J connectivity index is 2.40. The van der Waals surface area contributed by atoms with Crippen molar-refractivity contribution < 1.29 is 22.4 Å². The van der Waals surface area contributed by atoms with Crippen LogP contribution in [-0.4, -0.2) is 5.78 Å². The number of ketones is 1. The molecule has 0 fully saturated rings. The summed E-state index contributed by atoms with van der Waals surface area (Å²) in [5.74, 6) is -1.41. The average molecular weight is 347 g/mol. The normalized spacial score (nSPS) is 11.4. The lowest BCUT2D eigenvalue weighted by molar-refractivity contribution is -0.137. The molecule has 104 valence electrons. The molecule has 0 bridgehead atoms. The first-order valence-electron chi connectivity index (χ1n) is 5.46. The van der Waals surface area contributed by atoms with Gasteiger partial charge < -0.3 is 0 Å². The van der Waals surface area contributed by atoms with Gasteiger partial charge in [-0.05, 0) is 40.2 Å². The van der Waals surface area contributed by atoms with Gasteiger partial charge in [0.1, 0.15) is 5.82 Å². The third kappa shape index (κ3) is 2.90. The fourth-order valence-electron chi connectivity index (χ4n) is 1.67. The van der Waals surface area contributed by atoms with E-state index in [0.29, 0.717) is 0 Å². The van der Waals surface area contributed by atoms with E-state index in [4.69, 9.17) is 0 Å². The molecule has 0 atom stereocenters. The van der Waals surface area contributed by atoms with E-state index in [1.807, 2.05) is 0 Å². The van der Waals surface area contributed by atoms with E-state index in [-0.39, 0.29) is 15.6 Å². The standard InChI is InChI=1S/C14H7BrF4O/c15-10-2-1-3-11(16)12(10)13(20)8-4-6-9(7-5-8)14(17,18)19/h1-7H. The van der Waals surface area contributed by atoms with Gasteiger partial charge in [0.2, 0.25) is 0 Å². The molecule has 1 nitrogen and oxygen atoms in total. The van der Waals surface area contributed by atoms with Gasteiger partial charge in [0.05, 0.1) is 11.1 Å². The van der Waals surface area contributed by atoms with Crippen molar-refractivity contribution in [2.24, 2.45) is 0 Å². The summed E-state index contributed by atoms with van der Waals surface area (Å²) in [6, 6.07) is 7.67. The van der Waals surface area contributed by atoms with Crippen molar-refractivity contribution in [1.29, 1.82) is 0 Å². The van der Waals surface area contributed by atoms with Crippen molar-refractivity contribution in [2.75, 3.05) is 0 Å². The molecule has 0 N–H and O–H groups in total. The van der Waals surface area contributed by atoms with Crippen LogP contribution in [0.15, 0.2) is 46.9 Å². The molecule has 0 unspecified atom stereocenters. The Hall–Kier alpha value is -1.69. The summed E-state index contributed by atoms with van der Waals surface area (Å²) in [6.07, 6.45) is -4.47. The Morgan fingerprint density at radius 1 is 1.00 bits per heavy atom. The molecule has 20 heavy (non-hydrogen) atoms. The molecule has 0 saturated carbocycles. The Morgan fingerprint density at radius 2 is 1.60 bits per heavy atom. The van der Waals surface area contributed by atoms with Gasteiger partial charge in [-0.3, -0.25) is 4.79 Å². The van der Waals surface area contributed by atoms with Gasteiger partial charge in [0.15, 0.2) is 5.78 Å². The maximum atomic E-state index is 13.6. The molecule has 2 aromatic rings. The first-order valence-corrected chi connectivity index (χ1v) is 6.26. The SMILES string of the molecule is O=C(c1ccc(C(F)(F)F)cc1)c1c(F)cccc1Br. The zero-order valence-corrected chi connectivity index (χ0v) is 11.4. The zero-order valence-electron chi connectivity index (χ0n) is 9.84. The molecule has 2 rings (SSSR count). The third-order valence-electron chi connectivity index (χ3n) is 2.66. The molecule has 0 aliphatic carbocycles. The molecule has 6 heteroatoms. The first-order chi connectivity index (χ1) is 9.30. The fourth-order valence-corrected chi connectivity index (χ4v) is 2.19. The predicted molar refractivity (Wildman–Crippen MR) is 69.0 cm³/mol. The lowest BCUT2D eigenvalue weighted by Crippen LogP contribution is -2.08.